The summed E-state index contributed by atoms with van der Waals surface area (Å²) in [5.41, 5.74) is 4.34. The van der Waals surface area contributed by atoms with E-state index in [9.17, 15) is 14.0 Å². The standard InChI is InChI=1S/C24H21FN2O2/c1-2-16-14-19(25)8-10-21(16)23(28)26-20-9-11-22-18(15-20)12-13-27(22)24(29)17-6-4-3-5-7-17/h3-11,14-15H,2,12-13H2,1H3,(H,26,28). The number of benzene rings is 3. The maximum atomic E-state index is 13.4. The summed E-state index contributed by atoms with van der Waals surface area (Å²) in [7, 11) is 0. The molecule has 0 spiro atoms. The van der Waals surface area contributed by atoms with E-state index in [0.717, 1.165) is 17.7 Å². The Labute approximate surface area is 169 Å². The topological polar surface area (TPSA) is 49.4 Å². The first-order valence-corrected chi connectivity index (χ1v) is 9.66. The van der Waals surface area contributed by atoms with Crippen LogP contribution in [0.1, 0.15) is 38.8 Å². The SMILES string of the molecule is CCc1cc(F)ccc1C(=O)Nc1ccc2c(c1)CCN2C(=O)c1ccccc1. The molecule has 0 unspecified atom stereocenters. The lowest BCUT2D eigenvalue weighted by Gasteiger charge is -2.18. The van der Waals surface area contributed by atoms with Crippen molar-refractivity contribution in [3.8, 4) is 0 Å². The van der Waals surface area contributed by atoms with Crippen LogP contribution >= 0.6 is 0 Å². The van der Waals surface area contributed by atoms with E-state index in [4.69, 9.17) is 0 Å². The number of rotatable bonds is 4. The second-order valence-corrected chi connectivity index (χ2v) is 7.03. The molecule has 146 valence electrons. The molecule has 1 N–H and O–H groups in total. The molecule has 3 aromatic rings. The smallest absolute Gasteiger partial charge is 0.258 e. The molecular weight excluding hydrogens is 367 g/mol. The van der Waals surface area contributed by atoms with Gasteiger partial charge in [0, 0.05) is 29.0 Å². The van der Waals surface area contributed by atoms with Gasteiger partial charge in [0.05, 0.1) is 0 Å². The third-order valence-electron chi connectivity index (χ3n) is 5.19. The minimum absolute atomic E-state index is 0.0277. The molecule has 29 heavy (non-hydrogen) atoms. The van der Waals surface area contributed by atoms with Crippen molar-refractivity contribution >= 4 is 23.2 Å². The quantitative estimate of drug-likeness (QED) is 0.695. The number of halogens is 1. The van der Waals surface area contributed by atoms with Gasteiger partial charge in [-0.1, -0.05) is 25.1 Å². The van der Waals surface area contributed by atoms with Crippen LogP contribution in [-0.4, -0.2) is 18.4 Å². The molecule has 0 radical (unpaired) electrons. The fraction of sp³-hybridized carbons (Fsp3) is 0.167. The number of hydrogen-bond donors (Lipinski definition) is 1. The van der Waals surface area contributed by atoms with Crippen LogP contribution in [0.3, 0.4) is 0 Å². The van der Waals surface area contributed by atoms with Crippen LogP contribution in [0, 0.1) is 5.82 Å². The first-order chi connectivity index (χ1) is 14.1. The van der Waals surface area contributed by atoms with E-state index < -0.39 is 0 Å². The highest BCUT2D eigenvalue weighted by atomic mass is 19.1. The van der Waals surface area contributed by atoms with Crippen molar-refractivity contribution in [2.45, 2.75) is 19.8 Å². The average molecular weight is 388 g/mol. The zero-order chi connectivity index (χ0) is 20.4. The van der Waals surface area contributed by atoms with Crippen LogP contribution in [0.5, 0.6) is 0 Å². The second kappa shape index (κ2) is 7.87. The van der Waals surface area contributed by atoms with Crippen molar-refractivity contribution in [3.63, 3.8) is 0 Å². The van der Waals surface area contributed by atoms with Gasteiger partial charge in [0.2, 0.25) is 0 Å². The molecule has 4 nitrogen and oxygen atoms in total. The van der Waals surface area contributed by atoms with Crippen molar-refractivity contribution in [2.75, 3.05) is 16.8 Å². The van der Waals surface area contributed by atoms with E-state index in [0.29, 0.717) is 35.3 Å². The molecule has 0 bridgehead atoms. The maximum absolute atomic E-state index is 13.4. The number of aryl methyl sites for hydroxylation is 1. The predicted molar refractivity (Wildman–Crippen MR) is 112 cm³/mol. The molecule has 0 fully saturated rings. The highest BCUT2D eigenvalue weighted by molar-refractivity contribution is 6.08. The Kier molecular flexibility index (Phi) is 5.12. The van der Waals surface area contributed by atoms with Crippen LogP contribution in [0.25, 0.3) is 0 Å². The maximum Gasteiger partial charge on any atom is 0.258 e. The highest BCUT2D eigenvalue weighted by Crippen LogP contribution is 2.32. The molecule has 0 saturated carbocycles. The van der Waals surface area contributed by atoms with Crippen molar-refractivity contribution in [3.05, 3.63) is 94.8 Å². The minimum atomic E-state index is -0.348. The summed E-state index contributed by atoms with van der Waals surface area (Å²) in [6, 6.07) is 19.0. The van der Waals surface area contributed by atoms with E-state index in [1.54, 1.807) is 11.0 Å². The summed E-state index contributed by atoms with van der Waals surface area (Å²) in [5, 5.41) is 2.89. The zero-order valence-electron chi connectivity index (χ0n) is 16.1. The number of nitrogens with one attached hydrogen (secondary N) is 1. The molecule has 0 aliphatic carbocycles. The van der Waals surface area contributed by atoms with E-state index >= 15 is 0 Å². The Morgan fingerprint density at radius 2 is 1.83 bits per heavy atom. The fourth-order valence-corrected chi connectivity index (χ4v) is 3.70. The number of carbonyl (C=O) groups excluding carboxylic acids is 2. The van der Waals surface area contributed by atoms with Crippen LogP contribution in [0.4, 0.5) is 15.8 Å². The number of fused-ring (bicyclic) bond motifs is 1. The lowest BCUT2D eigenvalue weighted by molar-refractivity contribution is 0.0987. The summed E-state index contributed by atoms with van der Waals surface area (Å²) in [4.78, 5) is 27.2. The molecule has 5 heteroatoms. The lowest BCUT2D eigenvalue weighted by atomic mass is 10.0. The largest absolute Gasteiger partial charge is 0.322 e. The van der Waals surface area contributed by atoms with Crippen molar-refractivity contribution < 1.29 is 14.0 Å². The molecule has 0 aromatic heterocycles. The van der Waals surface area contributed by atoms with Gasteiger partial charge in [-0.05, 0) is 72.5 Å². The van der Waals surface area contributed by atoms with E-state index in [2.05, 4.69) is 5.32 Å². The molecule has 0 atom stereocenters. The third-order valence-corrected chi connectivity index (χ3v) is 5.19. The first kappa shape index (κ1) is 18.9. The number of carbonyl (C=O) groups is 2. The Balaban J connectivity index is 1.54. The normalized spacial score (nSPS) is 12.6. The minimum Gasteiger partial charge on any atom is -0.322 e. The predicted octanol–water partition coefficient (Wildman–Crippen LogP) is 4.84. The van der Waals surface area contributed by atoms with E-state index in [-0.39, 0.29) is 17.6 Å². The third kappa shape index (κ3) is 3.76. The van der Waals surface area contributed by atoms with Crippen LogP contribution in [0.2, 0.25) is 0 Å². The number of anilines is 2. The van der Waals surface area contributed by atoms with Gasteiger partial charge in [-0.15, -0.1) is 0 Å². The van der Waals surface area contributed by atoms with Crippen molar-refractivity contribution in [1.82, 2.24) is 0 Å². The molecule has 0 saturated heterocycles. The molecular formula is C24H21FN2O2. The lowest BCUT2D eigenvalue weighted by Crippen LogP contribution is -2.28. The number of nitrogens with zero attached hydrogens (tertiary/aromatic N) is 1. The number of hydrogen-bond acceptors (Lipinski definition) is 2. The summed E-state index contributed by atoms with van der Waals surface area (Å²) in [5.74, 6) is -0.642. The van der Waals surface area contributed by atoms with Crippen LogP contribution in [0.15, 0.2) is 66.7 Å². The van der Waals surface area contributed by atoms with Gasteiger partial charge >= 0.3 is 0 Å². The Bertz CT molecular complexity index is 1080. The summed E-state index contributed by atoms with van der Waals surface area (Å²) < 4.78 is 13.4. The molecule has 2 amide bonds. The molecule has 3 aromatic carbocycles. The average Bonchev–Trinajstić information content (AvgIpc) is 3.16. The molecule has 1 aliphatic rings. The van der Waals surface area contributed by atoms with Gasteiger partial charge in [0.1, 0.15) is 5.82 Å². The van der Waals surface area contributed by atoms with Gasteiger partial charge in [-0.3, -0.25) is 9.59 Å². The first-order valence-electron chi connectivity index (χ1n) is 9.66. The van der Waals surface area contributed by atoms with E-state index in [1.807, 2.05) is 49.4 Å². The molecule has 1 heterocycles. The molecule has 4 rings (SSSR count). The summed E-state index contributed by atoms with van der Waals surface area (Å²) in [6.45, 7) is 2.50. The van der Waals surface area contributed by atoms with Crippen molar-refractivity contribution in [2.24, 2.45) is 0 Å². The summed E-state index contributed by atoms with van der Waals surface area (Å²) >= 11 is 0. The van der Waals surface area contributed by atoms with Gasteiger partial charge in [0.25, 0.3) is 11.8 Å². The van der Waals surface area contributed by atoms with Gasteiger partial charge in [-0.2, -0.15) is 0 Å². The fourth-order valence-electron chi connectivity index (χ4n) is 3.70. The van der Waals surface area contributed by atoms with Gasteiger partial charge in [0.15, 0.2) is 0 Å². The van der Waals surface area contributed by atoms with Crippen molar-refractivity contribution in [1.29, 1.82) is 0 Å². The molecule has 1 aliphatic heterocycles. The van der Waals surface area contributed by atoms with Crippen LogP contribution < -0.4 is 10.2 Å². The Morgan fingerprint density at radius 1 is 1.03 bits per heavy atom. The van der Waals surface area contributed by atoms with Gasteiger partial charge < -0.3 is 10.2 Å². The zero-order valence-corrected chi connectivity index (χ0v) is 16.1. The van der Waals surface area contributed by atoms with Crippen LogP contribution in [-0.2, 0) is 12.8 Å². The Morgan fingerprint density at radius 3 is 2.59 bits per heavy atom. The van der Waals surface area contributed by atoms with E-state index in [1.165, 1.54) is 18.2 Å². The Hall–Kier alpha value is -3.47. The monoisotopic (exact) mass is 388 g/mol. The number of amides is 2. The second-order valence-electron chi connectivity index (χ2n) is 7.03. The summed E-state index contributed by atoms with van der Waals surface area (Å²) in [6.07, 6.45) is 1.30. The van der Waals surface area contributed by atoms with Gasteiger partial charge in [-0.25, -0.2) is 4.39 Å². The highest BCUT2D eigenvalue weighted by Gasteiger charge is 2.26.